The van der Waals surface area contributed by atoms with Crippen molar-refractivity contribution in [2.45, 2.75) is 32.2 Å². The van der Waals surface area contributed by atoms with Gasteiger partial charge in [0.05, 0.1) is 17.1 Å². The Kier molecular flexibility index (Phi) is 4.70. The van der Waals surface area contributed by atoms with Gasteiger partial charge in [-0.1, -0.05) is 6.07 Å². The number of nitrogen functional groups attached to an aromatic ring is 1. The molecule has 0 spiro atoms. The van der Waals surface area contributed by atoms with Crippen LogP contribution in [0, 0.1) is 20.8 Å². The molecule has 0 bridgehead atoms. The Balaban J connectivity index is 2.54. The number of nitrogens with two attached hydrogens (primary N) is 1. The van der Waals surface area contributed by atoms with Gasteiger partial charge in [0.2, 0.25) is 0 Å². The van der Waals surface area contributed by atoms with Gasteiger partial charge in [-0.05, 0) is 49.6 Å². The van der Waals surface area contributed by atoms with Crippen LogP contribution in [0.4, 0.5) is 11.4 Å². The number of hydrogen-bond acceptors (Lipinski definition) is 5. The molecule has 1 heterocycles. The third-order valence-electron chi connectivity index (χ3n) is 3.84. The SMILES string of the molecule is C=NS(=O)(=O)c1c(C)c(N)c(C)c(NCc2ccccn2)c1C. The van der Waals surface area contributed by atoms with Gasteiger partial charge in [-0.25, -0.2) is 0 Å². The average Bonchev–Trinajstić information content (AvgIpc) is 2.53. The van der Waals surface area contributed by atoms with E-state index in [2.05, 4.69) is 21.4 Å². The second-order valence-electron chi connectivity index (χ2n) is 5.27. The monoisotopic (exact) mass is 332 g/mol. The summed E-state index contributed by atoms with van der Waals surface area (Å²) < 4.78 is 27.7. The van der Waals surface area contributed by atoms with Crippen LogP contribution < -0.4 is 11.1 Å². The number of hydrogen-bond donors (Lipinski definition) is 2. The zero-order chi connectivity index (χ0) is 17.2. The van der Waals surface area contributed by atoms with Crippen LogP contribution in [0.3, 0.4) is 0 Å². The number of benzene rings is 1. The number of anilines is 2. The Morgan fingerprint density at radius 3 is 2.48 bits per heavy atom. The molecule has 0 saturated carbocycles. The molecule has 6 nitrogen and oxygen atoms in total. The predicted molar refractivity (Wildman–Crippen MR) is 93.4 cm³/mol. The Hall–Kier alpha value is -2.41. The molecule has 0 unspecified atom stereocenters. The van der Waals surface area contributed by atoms with Crippen molar-refractivity contribution >= 4 is 28.1 Å². The van der Waals surface area contributed by atoms with Crippen LogP contribution in [-0.2, 0) is 16.6 Å². The average molecular weight is 332 g/mol. The molecule has 1 aromatic heterocycles. The van der Waals surface area contributed by atoms with Crippen LogP contribution >= 0.6 is 0 Å². The normalized spacial score (nSPS) is 11.3. The fourth-order valence-corrected chi connectivity index (χ4v) is 3.73. The van der Waals surface area contributed by atoms with Crippen molar-refractivity contribution in [3.8, 4) is 0 Å². The molecule has 0 aliphatic rings. The van der Waals surface area contributed by atoms with Crippen LogP contribution in [0.2, 0.25) is 0 Å². The summed E-state index contributed by atoms with van der Waals surface area (Å²) in [7, 11) is -3.83. The summed E-state index contributed by atoms with van der Waals surface area (Å²) in [6.45, 7) is 8.89. The van der Waals surface area contributed by atoms with Crippen molar-refractivity contribution in [1.82, 2.24) is 4.98 Å². The highest BCUT2D eigenvalue weighted by molar-refractivity contribution is 7.90. The molecule has 0 aliphatic carbocycles. The second-order valence-corrected chi connectivity index (χ2v) is 6.89. The maximum atomic E-state index is 12.2. The van der Waals surface area contributed by atoms with Crippen LogP contribution in [0.15, 0.2) is 33.7 Å². The summed E-state index contributed by atoms with van der Waals surface area (Å²) in [6.07, 6.45) is 1.71. The van der Waals surface area contributed by atoms with Crippen molar-refractivity contribution in [3.63, 3.8) is 0 Å². The number of aromatic nitrogens is 1. The Bertz CT molecular complexity index is 846. The number of nitrogens with one attached hydrogen (secondary N) is 1. The van der Waals surface area contributed by atoms with Gasteiger partial charge in [0, 0.05) is 24.3 Å². The number of rotatable bonds is 5. The molecule has 0 fully saturated rings. The van der Waals surface area contributed by atoms with Crippen LogP contribution in [0.1, 0.15) is 22.4 Å². The maximum Gasteiger partial charge on any atom is 0.282 e. The van der Waals surface area contributed by atoms with Crippen molar-refractivity contribution in [2.75, 3.05) is 11.1 Å². The lowest BCUT2D eigenvalue weighted by molar-refractivity contribution is 0.597. The van der Waals surface area contributed by atoms with E-state index in [9.17, 15) is 8.42 Å². The molecule has 3 N–H and O–H groups in total. The standard InChI is InChI=1S/C16H20N4O2S/c1-10-14(17)11(2)16(23(21,22)18-4)12(3)15(10)20-9-13-7-5-6-8-19-13/h5-8,20H,4,9,17H2,1-3H3. The van der Waals surface area contributed by atoms with Gasteiger partial charge < -0.3 is 11.1 Å². The Morgan fingerprint density at radius 2 is 1.91 bits per heavy atom. The molecule has 23 heavy (non-hydrogen) atoms. The topological polar surface area (TPSA) is 97.4 Å². The van der Waals surface area contributed by atoms with E-state index in [1.807, 2.05) is 25.1 Å². The zero-order valence-corrected chi connectivity index (χ0v) is 14.2. The van der Waals surface area contributed by atoms with Crippen molar-refractivity contribution in [2.24, 2.45) is 4.40 Å². The van der Waals surface area contributed by atoms with Gasteiger partial charge in [0.25, 0.3) is 10.0 Å². The quantitative estimate of drug-likeness (QED) is 0.648. The summed E-state index contributed by atoms with van der Waals surface area (Å²) >= 11 is 0. The highest BCUT2D eigenvalue weighted by Crippen LogP contribution is 2.36. The summed E-state index contributed by atoms with van der Waals surface area (Å²) in [5.41, 5.74) is 9.93. The van der Waals surface area contributed by atoms with Gasteiger partial charge in [0.1, 0.15) is 0 Å². The molecule has 0 saturated heterocycles. The fourth-order valence-electron chi connectivity index (χ4n) is 2.61. The number of pyridine rings is 1. The van der Waals surface area contributed by atoms with E-state index in [1.165, 1.54) is 0 Å². The number of nitrogens with zero attached hydrogens (tertiary/aromatic N) is 2. The molecule has 0 radical (unpaired) electrons. The zero-order valence-electron chi connectivity index (χ0n) is 13.4. The highest BCUT2D eigenvalue weighted by Gasteiger charge is 2.24. The third kappa shape index (κ3) is 3.19. The molecule has 0 aliphatic heterocycles. The lowest BCUT2D eigenvalue weighted by Crippen LogP contribution is -2.12. The third-order valence-corrected chi connectivity index (χ3v) is 5.31. The first-order valence-corrected chi connectivity index (χ1v) is 8.49. The molecular weight excluding hydrogens is 312 g/mol. The van der Waals surface area contributed by atoms with E-state index in [1.54, 1.807) is 20.0 Å². The first kappa shape index (κ1) is 17.0. The fraction of sp³-hybridized carbons (Fsp3) is 0.250. The van der Waals surface area contributed by atoms with Crippen LogP contribution in [0.25, 0.3) is 0 Å². The van der Waals surface area contributed by atoms with E-state index in [0.29, 0.717) is 29.0 Å². The Labute approximate surface area is 136 Å². The van der Waals surface area contributed by atoms with Gasteiger partial charge in [-0.2, -0.15) is 12.8 Å². The van der Waals surface area contributed by atoms with E-state index in [4.69, 9.17) is 5.73 Å². The van der Waals surface area contributed by atoms with Crippen molar-refractivity contribution in [1.29, 1.82) is 0 Å². The minimum Gasteiger partial charge on any atom is -0.398 e. The van der Waals surface area contributed by atoms with E-state index in [0.717, 1.165) is 11.3 Å². The molecule has 0 atom stereocenters. The van der Waals surface area contributed by atoms with Gasteiger partial charge in [-0.3, -0.25) is 4.98 Å². The largest absolute Gasteiger partial charge is 0.398 e. The van der Waals surface area contributed by atoms with Gasteiger partial charge in [-0.15, -0.1) is 0 Å². The molecule has 122 valence electrons. The van der Waals surface area contributed by atoms with E-state index >= 15 is 0 Å². The van der Waals surface area contributed by atoms with Crippen LogP contribution in [-0.4, -0.2) is 20.1 Å². The Morgan fingerprint density at radius 1 is 1.22 bits per heavy atom. The van der Waals surface area contributed by atoms with Crippen molar-refractivity contribution < 1.29 is 8.42 Å². The second kappa shape index (κ2) is 6.37. The molecule has 2 rings (SSSR count). The van der Waals surface area contributed by atoms with Gasteiger partial charge >= 0.3 is 0 Å². The molecule has 1 aromatic carbocycles. The van der Waals surface area contributed by atoms with E-state index in [-0.39, 0.29) is 4.90 Å². The van der Waals surface area contributed by atoms with Crippen LogP contribution in [0.5, 0.6) is 0 Å². The van der Waals surface area contributed by atoms with Crippen molar-refractivity contribution in [3.05, 3.63) is 46.8 Å². The lowest BCUT2D eigenvalue weighted by Gasteiger charge is -2.20. The lowest BCUT2D eigenvalue weighted by atomic mass is 10.0. The highest BCUT2D eigenvalue weighted by atomic mass is 32.2. The number of sulfonamides is 1. The predicted octanol–water partition coefficient (Wildman–Crippen LogP) is 2.59. The first-order chi connectivity index (χ1) is 10.8. The molecule has 0 amide bonds. The minimum absolute atomic E-state index is 0.110. The summed E-state index contributed by atoms with van der Waals surface area (Å²) in [5.74, 6) is 0. The summed E-state index contributed by atoms with van der Waals surface area (Å²) in [6, 6.07) is 5.62. The molecular formula is C16H20N4O2S. The molecule has 2 aromatic rings. The summed E-state index contributed by atoms with van der Waals surface area (Å²) in [5, 5.41) is 3.23. The smallest absolute Gasteiger partial charge is 0.282 e. The summed E-state index contributed by atoms with van der Waals surface area (Å²) in [4.78, 5) is 4.35. The molecule has 7 heteroatoms. The van der Waals surface area contributed by atoms with Gasteiger partial charge in [0.15, 0.2) is 0 Å². The first-order valence-electron chi connectivity index (χ1n) is 7.05. The van der Waals surface area contributed by atoms with E-state index < -0.39 is 10.0 Å². The maximum absolute atomic E-state index is 12.2. The minimum atomic E-state index is -3.83.